The smallest absolute Gasteiger partial charge is 0.193 e. The molecule has 0 saturated carbocycles. The summed E-state index contributed by atoms with van der Waals surface area (Å²) in [7, 11) is 8.01. The van der Waals surface area contributed by atoms with Gasteiger partial charge < -0.3 is 9.80 Å². The van der Waals surface area contributed by atoms with Crippen LogP contribution in [-0.2, 0) is 0 Å². The summed E-state index contributed by atoms with van der Waals surface area (Å²) in [6.07, 6.45) is 0. The van der Waals surface area contributed by atoms with Gasteiger partial charge >= 0.3 is 0 Å². The van der Waals surface area contributed by atoms with Crippen LogP contribution in [0.5, 0.6) is 0 Å². The van der Waals surface area contributed by atoms with Crippen LogP contribution in [0.25, 0.3) is 11.1 Å². The summed E-state index contributed by atoms with van der Waals surface area (Å²) >= 11 is 0. The minimum absolute atomic E-state index is 0.0441. The topological polar surface area (TPSA) is 23.6 Å². The van der Waals surface area contributed by atoms with E-state index >= 15 is 0 Å². The number of ketones is 1. The van der Waals surface area contributed by atoms with E-state index in [2.05, 4.69) is 29.2 Å². The summed E-state index contributed by atoms with van der Waals surface area (Å²) in [6.45, 7) is 0. The summed E-state index contributed by atoms with van der Waals surface area (Å²) in [5, 5.41) is 0. The lowest BCUT2D eigenvalue weighted by atomic mass is 9.94. The van der Waals surface area contributed by atoms with Crippen LogP contribution in [0.3, 0.4) is 0 Å². The quantitative estimate of drug-likeness (QED) is 0.626. The lowest BCUT2D eigenvalue weighted by Crippen LogP contribution is -2.09. The van der Waals surface area contributed by atoms with Crippen LogP contribution in [0.1, 0.15) is 15.9 Å². The highest BCUT2D eigenvalue weighted by molar-refractivity contribution is 6.13. The Morgan fingerprint density at radius 3 is 1.69 bits per heavy atom. The largest absolute Gasteiger partial charge is 0.378 e. The number of hydrogen-bond acceptors (Lipinski definition) is 3. The molecule has 132 valence electrons. The molecule has 3 aromatic carbocycles. The minimum atomic E-state index is 0.0441. The van der Waals surface area contributed by atoms with Gasteiger partial charge in [0.15, 0.2) is 5.78 Å². The van der Waals surface area contributed by atoms with Gasteiger partial charge in [-0.3, -0.25) is 4.79 Å². The fourth-order valence-corrected chi connectivity index (χ4v) is 2.94. The van der Waals surface area contributed by atoms with Crippen molar-refractivity contribution in [3.63, 3.8) is 0 Å². The lowest BCUT2D eigenvalue weighted by Gasteiger charge is -2.15. The maximum atomic E-state index is 13.1. The van der Waals surface area contributed by atoms with Gasteiger partial charge in [0.2, 0.25) is 0 Å². The van der Waals surface area contributed by atoms with Gasteiger partial charge in [-0.15, -0.1) is 0 Å². The molecule has 3 heteroatoms. The van der Waals surface area contributed by atoms with Crippen molar-refractivity contribution < 1.29 is 4.79 Å². The lowest BCUT2D eigenvalue weighted by molar-refractivity contribution is 0.103. The van der Waals surface area contributed by atoms with Gasteiger partial charge in [0.25, 0.3) is 0 Å². The first kappa shape index (κ1) is 17.7. The van der Waals surface area contributed by atoms with E-state index in [4.69, 9.17) is 0 Å². The standard InChI is InChI=1S/C23H24N2O/c1-24(2)19-13-9-17(10-14-19)21-7-5-6-8-22(21)23(26)18-11-15-20(16-12-18)25(3)4/h5-16H,1-4H3. The minimum Gasteiger partial charge on any atom is -0.378 e. The summed E-state index contributed by atoms with van der Waals surface area (Å²) in [5.74, 6) is 0.0441. The SMILES string of the molecule is CN(C)c1ccc(C(=O)c2ccccc2-c2ccc(N(C)C)cc2)cc1. The third kappa shape index (κ3) is 3.62. The first-order valence-electron chi connectivity index (χ1n) is 8.66. The molecular weight excluding hydrogens is 320 g/mol. The highest BCUT2D eigenvalue weighted by Gasteiger charge is 2.14. The maximum absolute atomic E-state index is 13.1. The first-order chi connectivity index (χ1) is 12.5. The molecule has 0 N–H and O–H groups in total. The molecule has 0 spiro atoms. The number of anilines is 2. The summed E-state index contributed by atoms with van der Waals surface area (Å²) < 4.78 is 0. The van der Waals surface area contributed by atoms with E-state index in [-0.39, 0.29) is 5.78 Å². The molecule has 3 aromatic rings. The van der Waals surface area contributed by atoms with Gasteiger partial charge in [0, 0.05) is 50.7 Å². The Morgan fingerprint density at radius 1 is 0.654 bits per heavy atom. The number of hydrogen-bond donors (Lipinski definition) is 0. The normalized spacial score (nSPS) is 10.5. The van der Waals surface area contributed by atoms with E-state index in [0.717, 1.165) is 28.1 Å². The zero-order valence-electron chi connectivity index (χ0n) is 15.7. The van der Waals surface area contributed by atoms with Crippen LogP contribution in [0.2, 0.25) is 0 Å². The van der Waals surface area contributed by atoms with E-state index in [9.17, 15) is 4.79 Å². The van der Waals surface area contributed by atoms with Crippen molar-refractivity contribution in [2.24, 2.45) is 0 Å². The Balaban J connectivity index is 1.97. The molecule has 0 atom stereocenters. The van der Waals surface area contributed by atoms with Crippen LogP contribution < -0.4 is 9.80 Å². The molecule has 0 fully saturated rings. The molecule has 0 aliphatic carbocycles. The Hall–Kier alpha value is -3.07. The second-order valence-electron chi connectivity index (χ2n) is 6.76. The predicted octanol–water partition coefficient (Wildman–Crippen LogP) is 4.72. The fourth-order valence-electron chi connectivity index (χ4n) is 2.94. The van der Waals surface area contributed by atoms with Crippen molar-refractivity contribution in [2.75, 3.05) is 38.0 Å². The number of benzene rings is 3. The molecule has 0 radical (unpaired) electrons. The molecule has 3 nitrogen and oxygen atoms in total. The molecular formula is C23H24N2O. The highest BCUT2D eigenvalue weighted by atomic mass is 16.1. The highest BCUT2D eigenvalue weighted by Crippen LogP contribution is 2.28. The Bertz CT molecular complexity index is 894. The van der Waals surface area contributed by atoms with E-state index < -0.39 is 0 Å². The molecule has 0 amide bonds. The summed E-state index contributed by atoms with van der Waals surface area (Å²) in [4.78, 5) is 17.2. The Morgan fingerprint density at radius 2 is 1.15 bits per heavy atom. The van der Waals surface area contributed by atoms with Crippen molar-refractivity contribution in [3.8, 4) is 11.1 Å². The monoisotopic (exact) mass is 344 g/mol. The van der Waals surface area contributed by atoms with Crippen LogP contribution in [0, 0.1) is 0 Å². The molecule has 0 saturated heterocycles. The van der Waals surface area contributed by atoms with Gasteiger partial charge in [0.1, 0.15) is 0 Å². The van der Waals surface area contributed by atoms with Crippen LogP contribution in [-0.4, -0.2) is 34.0 Å². The van der Waals surface area contributed by atoms with Crippen LogP contribution in [0.15, 0.2) is 72.8 Å². The third-order valence-corrected chi connectivity index (χ3v) is 4.51. The first-order valence-corrected chi connectivity index (χ1v) is 8.66. The molecule has 0 aromatic heterocycles. The van der Waals surface area contributed by atoms with E-state index in [0.29, 0.717) is 5.56 Å². The molecule has 0 bridgehead atoms. The molecule has 0 unspecified atom stereocenters. The van der Waals surface area contributed by atoms with Crippen molar-refractivity contribution in [1.82, 2.24) is 0 Å². The number of carbonyl (C=O) groups excluding carboxylic acids is 1. The Kier molecular flexibility index (Phi) is 5.08. The van der Waals surface area contributed by atoms with E-state index in [1.807, 2.05) is 81.6 Å². The fraction of sp³-hybridized carbons (Fsp3) is 0.174. The van der Waals surface area contributed by atoms with Crippen molar-refractivity contribution in [1.29, 1.82) is 0 Å². The van der Waals surface area contributed by atoms with Crippen LogP contribution in [0.4, 0.5) is 11.4 Å². The number of nitrogens with zero attached hydrogens (tertiary/aromatic N) is 2. The van der Waals surface area contributed by atoms with Crippen molar-refractivity contribution >= 4 is 17.2 Å². The van der Waals surface area contributed by atoms with Crippen molar-refractivity contribution in [2.45, 2.75) is 0 Å². The van der Waals surface area contributed by atoms with Gasteiger partial charge in [-0.2, -0.15) is 0 Å². The summed E-state index contributed by atoms with van der Waals surface area (Å²) in [6, 6.07) is 23.8. The molecule has 0 heterocycles. The van der Waals surface area contributed by atoms with Gasteiger partial charge in [0.05, 0.1) is 0 Å². The molecule has 26 heavy (non-hydrogen) atoms. The average Bonchev–Trinajstić information content (AvgIpc) is 2.67. The van der Waals surface area contributed by atoms with E-state index in [1.54, 1.807) is 0 Å². The third-order valence-electron chi connectivity index (χ3n) is 4.51. The second-order valence-corrected chi connectivity index (χ2v) is 6.76. The zero-order chi connectivity index (χ0) is 18.7. The zero-order valence-corrected chi connectivity index (χ0v) is 15.7. The number of carbonyl (C=O) groups is 1. The average molecular weight is 344 g/mol. The van der Waals surface area contributed by atoms with Gasteiger partial charge in [-0.05, 0) is 47.5 Å². The van der Waals surface area contributed by atoms with Crippen LogP contribution >= 0.6 is 0 Å². The van der Waals surface area contributed by atoms with Gasteiger partial charge in [-0.25, -0.2) is 0 Å². The predicted molar refractivity (Wildman–Crippen MR) is 110 cm³/mol. The molecule has 0 aliphatic heterocycles. The number of rotatable bonds is 5. The second kappa shape index (κ2) is 7.44. The van der Waals surface area contributed by atoms with E-state index in [1.165, 1.54) is 0 Å². The molecule has 3 rings (SSSR count). The molecule has 0 aliphatic rings. The maximum Gasteiger partial charge on any atom is 0.193 e. The Labute approximate surface area is 155 Å². The van der Waals surface area contributed by atoms with Gasteiger partial charge in [-0.1, -0.05) is 36.4 Å². The van der Waals surface area contributed by atoms with Crippen molar-refractivity contribution in [3.05, 3.63) is 83.9 Å². The summed E-state index contributed by atoms with van der Waals surface area (Å²) in [5.41, 5.74) is 5.64.